The summed E-state index contributed by atoms with van der Waals surface area (Å²) in [6, 6.07) is 9.56. The van der Waals surface area contributed by atoms with E-state index in [4.69, 9.17) is 16.3 Å². The normalized spacial score (nSPS) is 14.5. The Hall–Kier alpha value is -3.46. The maximum Gasteiger partial charge on any atom is 0.362 e. The number of morpholine rings is 1. The van der Waals surface area contributed by atoms with E-state index < -0.39 is 26.0 Å². The molecule has 194 valence electrons. The number of nitrogens with zero attached hydrogens (tertiary/aromatic N) is 6. The summed E-state index contributed by atoms with van der Waals surface area (Å²) in [5.41, 5.74) is 0.0224. The molecule has 0 unspecified atom stereocenters. The Balaban J connectivity index is 1.52. The largest absolute Gasteiger partial charge is 0.379 e. The zero-order chi connectivity index (χ0) is 26.6. The lowest BCUT2D eigenvalue weighted by molar-refractivity contribution is 0.0730. The SMILES string of the molecule is Cn1cnc(S(=O)(=O)Nc2ccc(Cl)cc2C(=O)N=[N+]=Nc2ccc(S(=O)(=O)N3CCOCC3)cc2)c1. The monoisotopic (exact) mass is 566 g/mol. The number of carbonyl (C=O) groups excluding carboxylic acids is 1. The highest BCUT2D eigenvalue weighted by molar-refractivity contribution is 7.92. The third-order valence-corrected chi connectivity index (χ3v) is 8.55. The first-order chi connectivity index (χ1) is 17.6. The van der Waals surface area contributed by atoms with Gasteiger partial charge in [-0.05, 0) is 42.5 Å². The molecule has 0 saturated carbocycles. The van der Waals surface area contributed by atoms with Gasteiger partial charge in [0.2, 0.25) is 20.0 Å². The fraction of sp³-hybridized carbons (Fsp3) is 0.238. The number of sulfonamides is 2. The molecule has 0 atom stereocenters. The minimum Gasteiger partial charge on any atom is -0.379 e. The third-order valence-electron chi connectivity index (χ3n) is 5.15. The number of carbonyl (C=O) groups is 1. The first kappa shape index (κ1) is 26.6. The average molecular weight is 567 g/mol. The van der Waals surface area contributed by atoms with Crippen molar-refractivity contribution in [3.05, 3.63) is 65.6 Å². The van der Waals surface area contributed by atoms with E-state index in [-0.39, 0.29) is 45.0 Å². The molecule has 1 saturated heterocycles. The Morgan fingerprint density at radius 2 is 1.81 bits per heavy atom. The molecule has 1 N–H and O–H groups in total. The van der Waals surface area contributed by atoms with Crippen LogP contribution in [0.15, 0.2) is 75.1 Å². The summed E-state index contributed by atoms with van der Waals surface area (Å²) in [5.74, 6) is -0.906. The van der Waals surface area contributed by atoms with Crippen LogP contribution in [0.25, 0.3) is 0 Å². The number of ether oxygens (including phenoxy) is 1. The molecule has 0 aliphatic carbocycles. The molecule has 3 aromatic rings. The van der Waals surface area contributed by atoms with Crippen LogP contribution in [0.1, 0.15) is 10.4 Å². The minimum atomic E-state index is -4.08. The van der Waals surface area contributed by atoms with Crippen LogP contribution in [0.5, 0.6) is 0 Å². The van der Waals surface area contributed by atoms with Crippen molar-refractivity contribution >= 4 is 48.9 Å². The minimum absolute atomic E-state index is 0.0725. The zero-order valence-electron chi connectivity index (χ0n) is 19.4. The van der Waals surface area contributed by atoms with E-state index in [1.165, 1.54) is 63.9 Å². The second-order valence-corrected chi connectivity index (χ2v) is 11.8. The van der Waals surface area contributed by atoms with Gasteiger partial charge in [0.05, 0.1) is 35.7 Å². The van der Waals surface area contributed by atoms with Gasteiger partial charge in [-0.3, -0.25) is 9.52 Å². The third kappa shape index (κ3) is 6.28. The Labute approximate surface area is 217 Å². The maximum absolute atomic E-state index is 12.7. The lowest BCUT2D eigenvalue weighted by Gasteiger charge is -2.25. The van der Waals surface area contributed by atoms with Gasteiger partial charge in [-0.1, -0.05) is 11.6 Å². The topological polar surface area (TPSA) is 166 Å². The summed E-state index contributed by atoms with van der Waals surface area (Å²) < 4.78 is 60.9. The fourth-order valence-electron chi connectivity index (χ4n) is 3.30. The van der Waals surface area contributed by atoms with Crippen LogP contribution in [-0.2, 0) is 31.8 Å². The fourth-order valence-corrected chi connectivity index (χ4v) is 5.94. The summed E-state index contributed by atoms with van der Waals surface area (Å²) in [6.45, 7) is 1.21. The summed E-state index contributed by atoms with van der Waals surface area (Å²) in [4.78, 5) is 20.1. The van der Waals surface area contributed by atoms with Gasteiger partial charge >= 0.3 is 5.91 Å². The van der Waals surface area contributed by atoms with Crippen LogP contribution < -0.4 is 9.63 Å². The van der Waals surface area contributed by atoms with Gasteiger partial charge in [0.15, 0.2) is 15.8 Å². The second-order valence-electron chi connectivity index (χ2n) is 7.78. The molecule has 1 aliphatic heterocycles. The van der Waals surface area contributed by atoms with Crippen molar-refractivity contribution in [1.29, 1.82) is 0 Å². The van der Waals surface area contributed by atoms with Crippen LogP contribution in [0.4, 0.5) is 11.4 Å². The molecule has 1 fully saturated rings. The van der Waals surface area contributed by atoms with E-state index in [1.54, 1.807) is 7.05 Å². The predicted octanol–water partition coefficient (Wildman–Crippen LogP) is 2.34. The van der Waals surface area contributed by atoms with Crippen LogP contribution in [0.2, 0.25) is 5.02 Å². The Bertz CT molecular complexity index is 1590. The van der Waals surface area contributed by atoms with Gasteiger partial charge in [0.1, 0.15) is 0 Å². The van der Waals surface area contributed by atoms with Crippen LogP contribution in [-0.4, -0.2) is 62.9 Å². The van der Waals surface area contributed by atoms with E-state index in [9.17, 15) is 21.6 Å². The van der Waals surface area contributed by atoms with E-state index in [0.29, 0.717) is 13.2 Å². The van der Waals surface area contributed by atoms with E-state index in [2.05, 4.69) is 24.8 Å². The van der Waals surface area contributed by atoms with Crippen molar-refractivity contribution in [2.75, 3.05) is 31.0 Å². The first-order valence-electron chi connectivity index (χ1n) is 10.7. The lowest BCUT2D eigenvalue weighted by atomic mass is 10.2. The van der Waals surface area contributed by atoms with Crippen LogP contribution >= 0.6 is 11.6 Å². The molecule has 4 rings (SSSR count). The summed E-state index contributed by atoms with van der Waals surface area (Å²) >= 11 is 5.99. The van der Waals surface area contributed by atoms with Gasteiger partial charge in [-0.15, -0.1) is 0 Å². The van der Waals surface area contributed by atoms with Crippen molar-refractivity contribution in [1.82, 2.24) is 18.8 Å². The highest BCUT2D eigenvalue weighted by atomic mass is 35.5. The quantitative estimate of drug-likeness (QED) is 0.338. The zero-order valence-corrected chi connectivity index (χ0v) is 21.7. The smallest absolute Gasteiger partial charge is 0.362 e. The molecule has 0 radical (unpaired) electrons. The first-order valence-corrected chi connectivity index (χ1v) is 14.0. The summed E-state index contributed by atoms with van der Waals surface area (Å²) in [7, 11) is -6.13. The van der Waals surface area contributed by atoms with Crippen molar-refractivity contribution in [3.8, 4) is 0 Å². The molecule has 13 nitrogen and oxygen atoms in total. The summed E-state index contributed by atoms with van der Waals surface area (Å²) in [5, 5.41) is 7.26. The molecule has 16 heteroatoms. The average Bonchev–Trinajstić information content (AvgIpc) is 3.33. The van der Waals surface area contributed by atoms with Gasteiger partial charge in [-0.2, -0.15) is 12.7 Å². The number of amides is 1. The van der Waals surface area contributed by atoms with Gasteiger partial charge < -0.3 is 9.30 Å². The number of nitrogens with one attached hydrogen (secondary N) is 1. The standard InChI is InChI=1S/C21H20ClN7O6S2/c1-28-13-20(23-14-28)36(31,32)26-19-7-2-15(22)12-18(19)21(30)25-27-24-16-3-5-17(6-4-16)37(33,34)29-8-10-35-11-9-29/h2-7,12-14H,8-11H2,1H3/p+1. The number of anilines is 1. The Kier molecular flexibility index (Phi) is 7.82. The molecule has 1 amide bonds. The highest BCUT2D eigenvalue weighted by Gasteiger charge is 2.26. The van der Waals surface area contributed by atoms with E-state index in [1.807, 2.05) is 0 Å². The van der Waals surface area contributed by atoms with Crippen molar-refractivity contribution in [2.24, 2.45) is 17.3 Å². The van der Waals surface area contributed by atoms with E-state index in [0.717, 1.165) is 0 Å². The number of halogens is 1. The van der Waals surface area contributed by atoms with Crippen LogP contribution in [0.3, 0.4) is 0 Å². The number of rotatable bonds is 7. The number of benzene rings is 2. The molecule has 1 aliphatic rings. The van der Waals surface area contributed by atoms with Crippen molar-refractivity contribution in [3.63, 3.8) is 0 Å². The molecule has 0 spiro atoms. The predicted molar refractivity (Wildman–Crippen MR) is 132 cm³/mol. The number of aryl methyl sites for hydroxylation is 1. The Morgan fingerprint density at radius 1 is 1.11 bits per heavy atom. The molecular weight excluding hydrogens is 546 g/mol. The van der Waals surface area contributed by atoms with Gasteiger partial charge in [-0.25, -0.2) is 13.4 Å². The molecular formula is C21H21ClN7O6S2+. The Morgan fingerprint density at radius 3 is 2.46 bits per heavy atom. The van der Waals surface area contributed by atoms with Crippen molar-refractivity contribution in [2.45, 2.75) is 9.92 Å². The molecule has 0 bridgehead atoms. The number of hydrogen-bond donors (Lipinski definition) is 1. The van der Waals surface area contributed by atoms with Gasteiger partial charge in [0, 0.05) is 31.4 Å². The van der Waals surface area contributed by atoms with E-state index >= 15 is 0 Å². The highest BCUT2D eigenvalue weighted by Crippen LogP contribution is 2.24. The molecule has 2 aromatic carbocycles. The molecule has 37 heavy (non-hydrogen) atoms. The number of hydrogen-bond acceptors (Lipinski definition) is 8. The van der Waals surface area contributed by atoms with Crippen LogP contribution in [0, 0.1) is 0 Å². The lowest BCUT2D eigenvalue weighted by Crippen LogP contribution is -2.40. The van der Waals surface area contributed by atoms with Crippen molar-refractivity contribution < 1.29 is 26.4 Å². The molecule has 2 heterocycles. The molecule has 1 aromatic heterocycles. The number of aromatic nitrogens is 2. The summed E-state index contributed by atoms with van der Waals surface area (Å²) in [6.07, 6.45) is 2.62. The maximum atomic E-state index is 12.7. The second kappa shape index (κ2) is 10.9. The van der Waals surface area contributed by atoms with Gasteiger partial charge in [0.25, 0.3) is 10.0 Å². The number of imidazole rings is 1.